The van der Waals surface area contributed by atoms with Crippen LogP contribution in [0.15, 0.2) is 28.7 Å². The fourth-order valence-electron chi connectivity index (χ4n) is 2.14. The fraction of sp³-hybridized carbons (Fsp3) is 0.588. The summed E-state index contributed by atoms with van der Waals surface area (Å²) in [5, 5.41) is 2.03. The number of carbonyl (C=O) groups is 1. The van der Waals surface area contributed by atoms with E-state index in [1.807, 2.05) is 26.0 Å². The molecule has 1 N–H and O–H groups in total. The van der Waals surface area contributed by atoms with Crippen LogP contribution in [0.3, 0.4) is 0 Å². The molecule has 1 rings (SSSR count). The molecule has 0 fully saturated rings. The Morgan fingerprint density at radius 1 is 1.12 bits per heavy atom. The van der Waals surface area contributed by atoms with Crippen LogP contribution < -0.4 is 5.32 Å². The molecule has 0 aliphatic carbocycles. The number of ether oxygens (including phenoxy) is 1. The Hall–Kier alpha value is -1.08. The molecule has 1 aromatic carbocycles. The summed E-state index contributed by atoms with van der Waals surface area (Å²) in [6, 6.07) is 6.71. The van der Waals surface area contributed by atoms with Crippen LogP contribution in [0.25, 0.3) is 0 Å². The maximum Gasteiger partial charge on any atom is 0.407 e. The third-order valence-electron chi connectivity index (χ3n) is 3.74. The summed E-state index contributed by atoms with van der Waals surface area (Å²) < 4.78 is 31.4. The average Bonchev–Trinajstić information content (AvgIpc) is 2.45. The fourth-order valence-corrected chi connectivity index (χ4v) is 4.23. The van der Waals surface area contributed by atoms with Gasteiger partial charge in [0.1, 0.15) is 0 Å². The predicted molar refractivity (Wildman–Crippen MR) is 99.7 cm³/mol. The third kappa shape index (κ3) is 6.43. The van der Waals surface area contributed by atoms with Crippen molar-refractivity contribution >= 4 is 31.9 Å². The number of hydrogen-bond donors (Lipinski definition) is 1. The topological polar surface area (TPSA) is 72.5 Å². The van der Waals surface area contributed by atoms with Gasteiger partial charge in [-0.2, -0.15) is 0 Å². The van der Waals surface area contributed by atoms with E-state index in [-0.39, 0.29) is 17.8 Å². The number of rotatable bonds is 7. The molecule has 0 aliphatic heterocycles. The van der Waals surface area contributed by atoms with Crippen molar-refractivity contribution in [1.82, 2.24) is 5.32 Å². The molecule has 136 valence electrons. The van der Waals surface area contributed by atoms with Gasteiger partial charge in [0.15, 0.2) is 9.84 Å². The summed E-state index contributed by atoms with van der Waals surface area (Å²) >= 11 is 3.34. The van der Waals surface area contributed by atoms with Crippen LogP contribution in [-0.4, -0.2) is 32.4 Å². The van der Waals surface area contributed by atoms with Gasteiger partial charge in [-0.3, -0.25) is 0 Å². The van der Waals surface area contributed by atoms with Gasteiger partial charge < -0.3 is 10.1 Å². The highest BCUT2D eigenvalue weighted by atomic mass is 79.9. The van der Waals surface area contributed by atoms with Crippen LogP contribution in [0, 0.1) is 5.92 Å². The summed E-state index contributed by atoms with van der Waals surface area (Å²) in [7, 11) is -3.43. The van der Waals surface area contributed by atoms with E-state index in [1.165, 1.54) is 0 Å². The number of sulfone groups is 1. The number of hydrogen-bond acceptors (Lipinski definition) is 4. The Kier molecular flexibility index (Phi) is 7.73. The quantitative estimate of drug-likeness (QED) is 0.722. The highest BCUT2D eigenvalue weighted by Gasteiger charge is 2.29. The molecule has 0 radical (unpaired) electrons. The van der Waals surface area contributed by atoms with Crippen molar-refractivity contribution < 1.29 is 17.9 Å². The number of alkyl carbamates (subject to hydrolysis) is 1. The predicted octanol–water partition coefficient (Wildman–Crippen LogP) is 4.08. The van der Waals surface area contributed by atoms with Gasteiger partial charge in [0, 0.05) is 10.5 Å². The van der Waals surface area contributed by atoms with Crippen LogP contribution in [-0.2, 0) is 14.6 Å². The first-order valence-corrected chi connectivity index (χ1v) is 10.5. The molecule has 2 atom stereocenters. The van der Waals surface area contributed by atoms with E-state index in [0.717, 1.165) is 10.0 Å². The molecule has 0 aliphatic rings. The van der Waals surface area contributed by atoms with E-state index < -0.39 is 27.2 Å². The molecule has 24 heavy (non-hydrogen) atoms. The average molecular weight is 420 g/mol. The third-order valence-corrected chi connectivity index (χ3v) is 6.44. The summed E-state index contributed by atoms with van der Waals surface area (Å²) in [6.07, 6.45) is -0.841. The van der Waals surface area contributed by atoms with E-state index in [2.05, 4.69) is 21.2 Å². The second-order valence-electron chi connectivity index (χ2n) is 6.47. The highest BCUT2D eigenvalue weighted by molar-refractivity contribution is 9.10. The number of halogens is 1. The van der Waals surface area contributed by atoms with Crippen molar-refractivity contribution in [3.05, 3.63) is 34.3 Å². The number of benzene rings is 1. The molecule has 0 heterocycles. The van der Waals surface area contributed by atoms with Crippen LogP contribution in [0.5, 0.6) is 0 Å². The largest absolute Gasteiger partial charge is 0.447 e. The van der Waals surface area contributed by atoms with Gasteiger partial charge in [-0.1, -0.05) is 41.9 Å². The SMILES string of the molecule is CC(C)OC(=O)N[C@H](CS(=O)(=O)C(C)c1ccc(Br)cc1)C(C)C. The Balaban J connectivity index is 2.87. The highest BCUT2D eigenvalue weighted by Crippen LogP contribution is 2.25. The zero-order valence-electron chi connectivity index (χ0n) is 14.7. The molecule has 0 spiro atoms. The number of carbonyl (C=O) groups excluding carboxylic acids is 1. The van der Waals surface area contributed by atoms with Gasteiger partial charge in [0.05, 0.1) is 17.1 Å². The molecule has 5 nitrogen and oxygen atoms in total. The van der Waals surface area contributed by atoms with E-state index in [0.29, 0.717) is 0 Å². The first kappa shape index (κ1) is 21.0. The molecular weight excluding hydrogens is 394 g/mol. The minimum absolute atomic E-state index is 0.0309. The molecule has 0 saturated heterocycles. The zero-order chi connectivity index (χ0) is 18.5. The number of nitrogens with one attached hydrogen (secondary N) is 1. The van der Waals surface area contributed by atoms with E-state index in [9.17, 15) is 13.2 Å². The normalized spacial score (nSPS) is 14.5. The molecule has 7 heteroatoms. The minimum Gasteiger partial charge on any atom is -0.447 e. The summed E-state index contributed by atoms with van der Waals surface area (Å²) in [6.45, 7) is 8.91. The van der Waals surface area contributed by atoms with Crippen molar-refractivity contribution in [2.45, 2.75) is 52.0 Å². The maximum absolute atomic E-state index is 12.7. The van der Waals surface area contributed by atoms with Crippen LogP contribution >= 0.6 is 15.9 Å². The standard InChI is InChI=1S/C17H26BrNO4S/c1-11(2)16(19-17(20)23-12(3)4)10-24(21,22)13(5)14-6-8-15(18)9-7-14/h6-9,11-13,16H,10H2,1-5H3,(H,19,20)/t13?,16-/m1/s1. The molecule has 0 aromatic heterocycles. The van der Waals surface area contributed by atoms with Crippen molar-refractivity contribution in [3.8, 4) is 0 Å². The molecule has 1 amide bonds. The Labute approximate surface area is 153 Å². The van der Waals surface area contributed by atoms with Crippen molar-refractivity contribution in [2.24, 2.45) is 5.92 Å². The smallest absolute Gasteiger partial charge is 0.407 e. The summed E-state index contributed by atoms with van der Waals surface area (Å²) in [5.41, 5.74) is 0.727. The lowest BCUT2D eigenvalue weighted by molar-refractivity contribution is 0.111. The van der Waals surface area contributed by atoms with Gasteiger partial charge in [0.2, 0.25) is 0 Å². The lowest BCUT2D eigenvalue weighted by atomic mass is 10.1. The zero-order valence-corrected chi connectivity index (χ0v) is 17.1. The first-order valence-electron chi connectivity index (χ1n) is 7.97. The maximum atomic E-state index is 12.7. The number of amides is 1. The summed E-state index contributed by atoms with van der Waals surface area (Å²) in [5.74, 6) is -0.161. The monoisotopic (exact) mass is 419 g/mol. The van der Waals surface area contributed by atoms with E-state index in [4.69, 9.17) is 4.74 Å². The molecule has 1 unspecified atom stereocenters. The van der Waals surface area contributed by atoms with E-state index >= 15 is 0 Å². The Morgan fingerprint density at radius 2 is 1.67 bits per heavy atom. The van der Waals surface area contributed by atoms with Crippen molar-refractivity contribution in [2.75, 3.05) is 5.75 Å². The second-order valence-corrected chi connectivity index (χ2v) is 9.75. The second kappa shape index (κ2) is 8.85. The van der Waals surface area contributed by atoms with Crippen LogP contribution in [0.2, 0.25) is 0 Å². The molecular formula is C17H26BrNO4S. The van der Waals surface area contributed by atoms with Gasteiger partial charge in [-0.25, -0.2) is 13.2 Å². The minimum atomic E-state index is -3.43. The van der Waals surface area contributed by atoms with Crippen LogP contribution in [0.4, 0.5) is 4.79 Å². The van der Waals surface area contributed by atoms with Crippen molar-refractivity contribution in [1.29, 1.82) is 0 Å². The van der Waals surface area contributed by atoms with Gasteiger partial charge in [-0.15, -0.1) is 0 Å². The lowest BCUT2D eigenvalue weighted by Crippen LogP contribution is -2.44. The Bertz CT molecular complexity index is 641. The molecule has 0 bridgehead atoms. The van der Waals surface area contributed by atoms with Gasteiger partial charge in [0.25, 0.3) is 0 Å². The van der Waals surface area contributed by atoms with Crippen molar-refractivity contribution in [3.63, 3.8) is 0 Å². The lowest BCUT2D eigenvalue weighted by Gasteiger charge is -2.24. The Morgan fingerprint density at radius 3 is 2.12 bits per heavy atom. The summed E-state index contributed by atoms with van der Waals surface area (Å²) in [4.78, 5) is 11.8. The van der Waals surface area contributed by atoms with Crippen LogP contribution in [0.1, 0.15) is 45.4 Å². The molecule has 0 saturated carbocycles. The van der Waals surface area contributed by atoms with Gasteiger partial charge in [-0.05, 0) is 44.4 Å². The van der Waals surface area contributed by atoms with E-state index in [1.54, 1.807) is 32.9 Å². The molecule has 1 aromatic rings. The first-order chi connectivity index (χ1) is 11.0. The van der Waals surface area contributed by atoms with Gasteiger partial charge >= 0.3 is 6.09 Å².